The minimum atomic E-state index is -1.06. The van der Waals surface area contributed by atoms with Crippen molar-refractivity contribution >= 4 is 17.5 Å². The summed E-state index contributed by atoms with van der Waals surface area (Å²) in [5.41, 5.74) is 0.822. The van der Waals surface area contributed by atoms with Gasteiger partial charge in [-0.25, -0.2) is 0 Å². The van der Waals surface area contributed by atoms with Gasteiger partial charge in [0.05, 0.1) is 18.2 Å². The number of ether oxygens (including phenoxy) is 2. The quantitative estimate of drug-likeness (QED) is 0.666. The summed E-state index contributed by atoms with van der Waals surface area (Å²) >= 11 is 6.30. The topological polar surface area (TPSA) is 71.0 Å². The first kappa shape index (κ1) is 24.0. The van der Waals surface area contributed by atoms with Crippen LogP contribution in [0.15, 0.2) is 48.5 Å². The summed E-state index contributed by atoms with van der Waals surface area (Å²) in [7, 11) is 0. The van der Waals surface area contributed by atoms with E-state index in [1.54, 1.807) is 6.92 Å². The Morgan fingerprint density at radius 1 is 1.24 bits per heavy atom. The number of amides is 1. The molecule has 1 amide bonds. The van der Waals surface area contributed by atoms with E-state index in [0.29, 0.717) is 18.1 Å². The molecule has 2 aromatic carbocycles. The molecule has 2 aromatic rings. The van der Waals surface area contributed by atoms with E-state index in [2.05, 4.69) is 22.3 Å². The summed E-state index contributed by atoms with van der Waals surface area (Å²) in [6.45, 7) is 6.42. The molecular weight excluding hydrogens is 440 g/mol. The molecule has 6 nitrogen and oxygen atoms in total. The van der Waals surface area contributed by atoms with Crippen LogP contribution >= 0.6 is 11.6 Å². The van der Waals surface area contributed by atoms with E-state index in [9.17, 15) is 9.90 Å². The molecule has 2 saturated heterocycles. The highest BCUT2D eigenvalue weighted by atomic mass is 35.5. The molecule has 2 N–H and O–H groups in total. The lowest BCUT2D eigenvalue weighted by molar-refractivity contribution is -0.193. The Morgan fingerprint density at radius 3 is 2.67 bits per heavy atom. The molecule has 0 saturated carbocycles. The summed E-state index contributed by atoms with van der Waals surface area (Å²) in [6, 6.07) is 15.6. The molecule has 2 fully saturated rings. The first-order valence-corrected chi connectivity index (χ1v) is 11.9. The number of nitrogens with zero attached hydrogens (tertiary/aromatic N) is 1. The fourth-order valence-electron chi connectivity index (χ4n) is 4.76. The van der Waals surface area contributed by atoms with Gasteiger partial charge in [0.25, 0.3) is 0 Å². The number of nitrogens with one attached hydrogen (secondary N) is 1. The van der Waals surface area contributed by atoms with Gasteiger partial charge in [0.1, 0.15) is 18.0 Å². The van der Waals surface area contributed by atoms with Crippen LogP contribution in [0.3, 0.4) is 0 Å². The van der Waals surface area contributed by atoms with Gasteiger partial charge in [0, 0.05) is 37.1 Å². The van der Waals surface area contributed by atoms with Gasteiger partial charge in [-0.1, -0.05) is 41.9 Å². The Labute approximate surface area is 200 Å². The second kappa shape index (κ2) is 10.0. The van der Waals surface area contributed by atoms with Crippen LogP contribution in [0.25, 0.3) is 0 Å². The summed E-state index contributed by atoms with van der Waals surface area (Å²) in [4.78, 5) is 14.0. The van der Waals surface area contributed by atoms with Crippen LogP contribution < -0.4 is 10.1 Å². The van der Waals surface area contributed by atoms with Crippen LogP contribution in [0.1, 0.15) is 44.2 Å². The highest BCUT2D eigenvalue weighted by Crippen LogP contribution is 2.39. The minimum Gasteiger partial charge on any atom is -0.489 e. The van der Waals surface area contributed by atoms with E-state index in [1.807, 2.05) is 36.4 Å². The van der Waals surface area contributed by atoms with Crippen molar-refractivity contribution in [2.75, 3.05) is 19.7 Å². The molecule has 7 heteroatoms. The normalized spacial score (nSPS) is 25.0. The zero-order valence-electron chi connectivity index (χ0n) is 19.4. The highest BCUT2D eigenvalue weighted by Gasteiger charge is 2.48. The standard InChI is InChI=1S/C26H33ClN2O4/c1-19(30)28-24-15-26(33-18-25(24,2)31)10-12-29(13-11-26)16-21-14-22(27)8-9-23(21)32-17-20-6-4-3-5-7-20/h3-9,14,24,31H,10-13,15-18H2,1-2H3,(H,28,30)/t24-,25-/m0/s1. The molecule has 2 atom stereocenters. The molecule has 4 rings (SSSR count). The van der Waals surface area contributed by atoms with Gasteiger partial charge in [-0.3, -0.25) is 9.69 Å². The van der Waals surface area contributed by atoms with E-state index in [-0.39, 0.29) is 24.2 Å². The molecule has 0 aliphatic carbocycles. The van der Waals surface area contributed by atoms with Crippen LogP contribution in [-0.4, -0.2) is 52.9 Å². The second-order valence-corrected chi connectivity index (χ2v) is 10.0. The Morgan fingerprint density at radius 2 is 1.97 bits per heavy atom. The average molecular weight is 473 g/mol. The molecule has 178 valence electrons. The molecule has 1 spiro atoms. The van der Waals surface area contributed by atoms with E-state index >= 15 is 0 Å². The van der Waals surface area contributed by atoms with Crippen molar-refractivity contribution in [1.29, 1.82) is 0 Å². The third kappa shape index (κ3) is 6.07. The fourth-order valence-corrected chi connectivity index (χ4v) is 4.95. The third-order valence-electron chi connectivity index (χ3n) is 6.80. The van der Waals surface area contributed by atoms with E-state index in [0.717, 1.165) is 49.4 Å². The molecule has 2 heterocycles. The smallest absolute Gasteiger partial charge is 0.217 e. The number of hydrogen-bond donors (Lipinski definition) is 2. The van der Waals surface area contributed by atoms with Gasteiger partial charge in [-0.2, -0.15) is 0 Å². The SMILES string of the molecule is CC(=O)N[C@H]1CC2(CCN(Cc3cc(Cl)ccc3OCc3ccccc3)CC2)OC[C@]1(C)O. The van der Waals surface area contributed by atoms with Gasteiger partial charge in [0.15, 0.2) is 0 Å². The lowest BCUT2D eigenvalue weighted by Crippen LogP contribution is -2.63. The van der Waals surface area contributed by atoms with Crippen LogP contribution in [0, 0.1) is 0 Å². The number of piperidine rings is 1. The Hall–Kier alpha value is -2.12. The lowest BCUT2D eigenvalue weighted by atomic mass is 9.77. The van der Waals surface area contributed by atoms with Gasteiger partial charge in [-0.05, 0) is 49.9 Å². The predicted molar refractivity (Wildman–Crippen MR) is 128 cm³/mol. The molecular formula is C26H33ClN2O4. The highest BCUT2D eigenvalue weighted by molar-refractivity contribution is 6.30. The maximum Gasteiger partial charge on any atom is 0.217 e. The summed E-state index contributed by atoms with van der Waals surface area (Å²) in [5, 5.41) is 14.3. The van der Waals surface area contributed by atoms with Crippen molar-refractivity contribution in [2.24, 2.45) is 0 Å². The second-order valence-electron chi connectivity index (χ2n) is 9.59. The van der Waals surface area contributed by atoms with E-state index in [1.165, 1.54) is 6.92 Å². The summed E-state index contributed by atoms with van der Waals surface area (Å²) in [5.74, 6) is 0.720. The number of halogens is 1. The van der Waals surface area contributed by atoms with Crippen molar-refractivity contribution in [1.82, 2.24) is 10.2 Å². The van der Waals surface area contributed by atoms with Crippen molar-refractivity contribution in [2.45, 2.75) is 63.5 Å². The number of benzene rings is 2. The summed E-state index contributed by atoms with van der Waals surface area (Å²) < 4.78 is 12.3. The Kier molecular flexibility index (Phi) is 7.29. The van der Waals surface area contributed by atoms with E-state index < -0.39 is 5.60 Å². The zero-order valence-corrected chi connectivity index (χ0v) is 20.1. The monoisotopic (exact) mass is 472 g/mol. The number of likely N-dealkylation sites (tertiary alicyclic amines) is 1. The molecule has 33 heavy (non-hydrogen) atoms. The maximum absolute atomic E-state index is 11.6. The van der Waals surface area contributed by atoms with Crippen molar-refractivity contribution in [3.05, 3.63) is 64.7 Å². The fraction of sp³-hybridized carbons (Fsp3) is 0.500. The summed E-state index contributed by atoms with van der Waals surface area (Å²) in [6.07, 6.45) is 2.32. The molecule has 0 bridgehead atoms. The first-order valence-electron chi connectivity index (χ1n) is 11.6. The van der Waals surface area contributed by atoms with Gasteiger partial charge in [0.2, 0.25) is 5.91 Å². The molecule has 0 aromatic heterocycles. The molecule has 0 unspecified atom stereocenters. The van der Waals surface area contributed by atoms with Gasteiger partial charge < -0.3 is 19.9 Å². The minimum absolute atomic E-state index is 0.126. The van der Waals surface area contributed by atoms with Gasteiger partial charge >= 0.3 is 0 Å². The Balaban J connectivity index is 1.38. The van der Waals surface area contributed by atoms with Crippen LogP contribution in [0.4, 0.5) is 0 Å². The first-order chi connectivity index (χ1) is 15.7. The van der Waals surface area contributed by atoms with Crippen molar-refractivity contribution in [3.8, 4) is 5.75 Å². The lowest BCUT2D eigenvalue weighted by Gasteiger charge is -2.50. The number of carbonyl (C=O) groups excluding carboxylic acids is 1. The molecule has 2 aliphatic heterocycles. The van der Waals surface area contributed by atoms with Crippen LogP contribution in [0.5, 0.6) is 5.75 Å². The number of aliphatic hydroxyl groups is 1. The molecule has 0 radical (unpaired) electrons. The number of rotatable bonds is 6. The zero-order chi connectivity index (χ0) is 23.5. The number of carbonyl (C=O) groups is 1. The van der Waals surface area contributed by atoms with Crippen LogP contribution in [-0.2, 0) is 22.7 Å². The third-order valence-corrected chi connectivity index (χ3v) is 7.03. The van der Waals surface area contributed by atoms with Crippen molar-refractivity contribution < 1.29 is 19.4 Å². The Bertz CT molecular complexity index is 958. The largest absolute Gasteiger partial charge is 0.489 e. The maximum atomic E-state index is 11.6. The van der Waals surface area contributed by atoms with Gasteiger partial charge in [-0.15, -0.1) is 0 Å². The molecule has 2 aliphatic rings. The predicted octanol–water partition coefficient (Wildman–Crippen LogP) is 3.93. The average Bonchev–Trinajstić information content (AvgIpc) is 2.78. The van der Waals surface area contributed by atoms with Crippen molar-refractivity contribution in [3.63, 3.8) is 0 Å². The number of hydrogen-bond acceptors (Lipinski definition) is 5. The van der Waals surface area contributed by atoms with E-state index in [4.69, 9.17) is 21.1 Å². The van der Waals surface area contributed by atoms with Crippen LogP contribution in [0.2, 0.25) is 5.02 Å².